The van der Waals surface area contributed by atoms with E-state index in [1.54, 1.807) is 12.4 Å². The Morgan fingerprint density at radius 1 is 1.26 bits per heavy atom. The molecule has 0 radical (unpaired) electrons. The van der Waals surface area contributed by atoms with Crippen LogP contribution in [0.15, 0.2) is 48.8 Å². The van der Waals surface area contributed by atoms with Crippen molar-refractivity contribution in [2.45, 2.75) is 25.9 Å². The summed E-state index contributed by atoms with van der Waals surface area (Å²) in [5, 5.41) is 7.56. The van der Waals surface area contributed by atoms with Crippen molar-refractivity contribution in [1.82, 2.24) is 15.2 Å². The zero-order valence-electron chi connectivity index (χ0n) is 15.1. The molecule has 0 amide bonds. The topological polar surface area (TPSA) is 77.1 Å². The number of carbonyl (C=O) groups is 1. The zero-order chi connectivity index (χ0) is 18.6. The SMILES string of the molecule is COC(=O)C1CCc2c(-c3cncc(OCc4ccccc4)c3)n[nH]c2C1. The van der Waals surface area contributed by atoms with Crippen LogP contribution in [0.25, 0.3) is 11.3 Å². The minimum absolute atomic E-state index is 0.102. The molecule has 1 atom stereocenters. The van der Waals surface area contributed by atoms with E-state index in [0.717, 1.165) is 40.9 Å². The molecule has 1 N–H and O–H groups in total. The van der Waals surface area contributed by atoms with Crippen molar-refractivity contribution in [1.29, 1.82) is 0 Å². The lowest BCUT2D eigenvalue weighted by Gasteiger charge is -2.19. The number of ether oxygens (including phenoxy) is 2. The van der Waals surface area contributed by atoms with Crippen molar-refractivity contribution >= 4 is 5.97 Å². The van der Waals surface area contributed by atoms with E-state index in [0.29, 0.717) is 18.8 Å². The molecule has 1 aromatic carbocycles. The molecule has 27 heavy (non-hydrogen) atoms. The molecule has 6 heteroatoms. The first-order valence-electron chi connectivity index (χ1n) is 9.00. The fourth-order valence-corrected chi connectivity index (χ4v) is 3.48. The van der Waals surface area contributed by atoms with Crippen molar-refractivity contribution in [3.8, 4) is 17.0 Å². The summed E-state index contributed by atoms with van der Waals surface area (Å²) in [6.45, 7) is 0.492. The van der Waals surface area contributed by atoms with Gasteiger partial charge >= 0.3 is 5.97 Å². The van der Waals surface area contributed by atoms with Gasteiger partial charge in [0.25, 0.3) is 0 Å². The van der Waals surface area contributed by atoms with Gasteiger partial charge in [-0.15, -0.1) is 0 Å². The highest BCUT2D eigenvalue weighted by molar-refractivity contribution is 5.74. The molecule has 0 saturated carbocycles. The molecule has 2 aromatic heterocycles. The van der Waals surface area contributed by atoms with E-state index in [2.05, 4.69) is 15.2 Å². The molecule has 0 aliphatic heterocycles. The lowest BCUT2D eigenvalue weighted by atomic mass is 9.86. The molecular weight excluding hydrogens is 342 g/mol. The molecule has 0 fully saturated rings. The van der Waals surface area contributed by atoms with Gasteiger partial charge in [0.2, 0.25) is 0 Å². The Labute approximate surface area is 157 Å². The van der Waals surface area contributed by atoms with E-state index in [1.807, 2.05) is 36.4 Å². The minimum Gasteiger partial charge on any atom is -0.487 e. The molecule has 3 aromatic rings. The maximum Gasteiger partial charge on any atom is 0.309 e. The normalized spacial score (nSPS) is 15.8. The first-order valence-corrected chi connectivity index (χ1v) is 9.00. The van der Waals surface area contributed by atoms with Gasteiger partial charge in [0.15, 0.2) is 0 Å². The van der Waals surface area contributed by atoms with Crippen LogP contribution >= 0.6 is 0 Å². The summed E-state index contributed by atoms with van der Waals surface area (Å²) in [7, 11) is 1.43. The van der Waals surface area contributed by atoms with Gasteiger partial charge in [-0.1, -0.05) is 30.3 Å². The van der Waals surface area contributed by atoms with Crippen molar-refractivity contribution in [2.24, 2.45) is 5.92 Å². The number of nitrogens with one attached hydrogen (secondary N) is 1. The highest BCUT2D eigenvalue weighted by Crippen LogP contribution is 2.33. The molecule has 2 heterocycles. The summed E-state index contributed by atoms with van der Waals surface area (Å²) in [6, 6.07) is 12.0. The van der Waals surface area contributed by atoms with Crippen LogP contribution in [0.1, 0.15) is 23.2 Å². The lowest BCUT2D eigenvalue weighted by Crippen LogP contribution is -2.23. The van der Waals surface area contributed by atoms with Gasteiger partial charge in [0.05, 0.1) is 24.9 Å². The second kappa shape index (κ2) is 7.61. The van der Waals surface area contributed by atoms with Gasteiger partial charge in [-0.2, -0.15) is 5.10 Å². The van der Waals surface area contributed by atoms with Crippen molar-refractivity contribution in [3.63, 3.8) is 0 Å². The van der Waals surface area contributed by atoms with Crippen LogP contribution in [0.3, 0.4) is 0 Å². The second-order valence-corrected chi connectivity index (χ2v) is 6.68. The van der Waals surface area contributed by atoms with Crippen LogP contribution in [0.2, 0.25) is 0 Å². The largest absolute Gasteiger partial charge is 0.487 e. The number of H-pyrrole nitrogens is 1. The molecule has 0 spiro atoms. The van der Waals surface area contributed by atoms with Gasteiger partial charge in [-0.3, -0.25) is 14.9 Å². The summed E-state index contributed by atoms with van der Waals surface area (Å²) in [5.41, 5.74) is 5.05. The molecule has 1 aliphatic rings. The number of hydrogen-bond acceptors (Lipinski definition) is 5. The Hall–Kier alpha value is -3.15. The number of methoxy groups -OCH3 is 1. The number of esters is 1. The van der Waals surface area contributed by atoms with Crippen LogP contribution in [0.5, 0.6) is 5.75 Å². The smallest absolute Gasteiger partial charge is 0.309 e. The highest BCUT2D eigenvalue weighted by atomic mass is 16.5. The first-order chi connectivity index (χ1) is 13.2. The number of carbonyl (C=O) groups excluding carboxylic acids is 1. The van der Waals surface area contributed by atoms with Crippen molar-refractivity contribution in [3.05, 3.63) is 65.6 Å². The minimum atomic E-state index is -0.158. The number of aromatic nitrogens is 3. The number of aromatic amines is 1. The van der Waals surface area contributed by atoms with Gasteiger partial charge < -0.3 is 9.47 Å². The van der Waals surface area contributed by atoms with Crippen LogP contribution < -0.4 is 4.74 Å². The van der Waals surface area contributed by atoms with E-state index < -0.39 is 0 Å². The average molecular weight is 363 g/mol. The molecule has 1 unspecified atom stereocenters. The standard InChI is InChI=1S/C21H21N3O3/c1-26-21(25)15-7-8-18-19(10-15)23-24-20(18)16-9-17(12-22-11-16)27-13-14-5-3-2-4-6-14/h2-6,9,11-12,15H,7-8,10,13H2,1H3,(H,23,24). The number of rotatable bonds is 5. The quantitative estimate of drug-likeness (QED) is 0.704. The zero-order valence-corrected chi connectivity index (χ0v) is 15.1. The Morgan fingerprint density at radius 3 is 2.93 bits per heavy atom. The Morgan fingerprint density at radius 2 is 2.11 bits per heavy atom. The summed E-state index contributed by atoms with van der Waals surface area (Å²) < 4.78 is 10.8. The van der Waals surface area contributed by atoms with Gasteiger partial charge in [0, 0.05) is 29.4 Å². The molecule has 0 saturated heterocycles. The molecule has 138 valence electrons. The fourth-order valence-electron chi connectivity index (χ4n) is 3.48. The van der Waals surface area contributed by atoms with Gasteiger partial charge in [-0.25, -0.2) is 0 Å². The molecule has 6 nitrogen and oxygen atoms in total. The third-order valence-corrected chi connectivity index (χ3v) is 4.92. The predicted octanol–water partition coefficient (Wildman–Crippen LogP) is 3.33. The number of benzene rings is 1. The maximum absolute atomic E-state index is 11.8. The molecule has 1 aliphatic carbocycles. The third kappa shape index (κ3) is 3.69. The predicted molar refractivity (Wildman–Crippen MR) is 100 cm³/mol. The van der Waals surface area contributed by atoms with E-state index in [-0.39, 0.29) is 11.9 Å². The lowest BCUT2D eigenvalue weighted by molar-refractivity contribution is -0.145. The number of nitrogens with zero attached hydrogens (tertiary/aromatic N) is 2. The maximum atomic E-state index is 11.8. The number of hydrogen-bond donors (Lipinski definition) is 1. The third-order valence-electron chi connectivity index (χ3n) is 4.92. The highest BCUT2D eigenvalue weighted by Gasteiger charge is 2.29. The van der Waals surface area contributed by atoms with Crippen LogP contribution in [-0.4, -0.2) is 28.3 Å². The van der Waals surface area contributed by atoms with Crippen molar-refractivity contribution in [2.75, 3.05) is 7.11 Å². The Bertz CT molecular complexity index is 937. The number of pyridine rings is 1. The van der Waals surface area contributed by atoms with Crippen LogP contribution in [-0.2, 0) is 29.0 Å². The van der Waals surface area contributed by atoms with E-state index >= 15 is 0 Å². The monoisotopic (exact) mass is 363 g/mol. The number of fused-ring (bicyclic) bond motifs is 1. The summed E-state index contributed by atoms with van der Waals surface area (Å²) in [4.78, 5) is 16.1. The van der Waals surface area contributed by atoms with E-state index in [1.165, 1.54) is 7.11 Å². The average Bonchev–Trinajstić information content (AvgIpc) is 3.16. The Kier molecular flexibility index (Phi) is 4.87. The van der Waals surface area contributed by atoms with Gasteiger partial charge in [-0.05, 0) is 24.5 Å². The molecule has 0 bridgehead atoms. The van der Waals surface area contributed by atoms with Crippen LogP contribution in [0.4, 0.5) is 0 Å². The van der Waals surface area contributed by atoms with Crippen LogP contribution in [0, 0.1) is 5.92 Å². The van der Waals surface area contributed by atoms with E-state index in [9.17, 15) is 4.79 Å². The van der Waals surface area contributed by atoms with Crippen molar-refractivity contribution < 1.29 is 14.3 Å². The first kappa shape index (κ1) is 17.3. The van der Waals surface area contributed by atoms with E-state index in [4.69, 9.17) is 9.47 Å². The summed E-state index contributed by atoms with van der Waals surface area (Å²) >= 11 is 0. The fraction of sp³-hybridized carbons (Fsp3) is 0.286. The van der Waals surface area contributed by atoms with Gasteiger partial charge in [0.1, 0.15) is 12.4 Å². The summed E-state index contributed by atoms with van der Waals surface area (Å²) in [5.74, 6) is 0.445. The molecular formula is C21H21N3O3. The molecule has 4 rings (SSSR count). The second-order valence-electron chi connectivity index (χ2n) is 6.68. The Balaban J connectivity index is 1.52. The summed E-state index contributed by atoms with van der Waals surface area (Å²) in [6.07, 6.45) is 5.68.